The van der Waals surface area contributed by atoms with E-state index in [-0.39, 0.29) is 0 Å². The van der Waals surface area contributed by atoms with Gasteiger partial charge in [-0.2, -0.15) is 0 Å². The Hall–Kier alpha value is -0.970. The van der Waals surface area contributed by atoms with Gasteiger partial charge in [0.1, 0.15) is 0 Å². The standard InChI is InChI=1S/C13H22N2O2/c1-3-7-16-8-9-17-11-13-6-4-5-12(15-13)10-14-2/h4-6,14H,3,7-11H2,1-2H3. The molecule has 0 amide bonds. The summed E-state index contributed by atoms with van der Waals surface area (Å²) in [6, 6.07) is 5.99. The minimum Gasteiger partial charge on any atom is -0.379 e. The fourth-order valence-corrected chi connectivity index (χ4v) is 1.43. The molecule has 1 aromatic heterocycles. The lowest BCUT2D eigenvalue weighted by Gasteiger charge is -2.06. The van der Waals surface area contributed by atoms with Crippen LogP contribution in [0.3, 0.4) is 0 Å². The molecular weight excluding hydrogens is 216 g/mol. The molecule has 4 heteroatoms. The lowest BCUT2D eigenvalue weighted by molar-refractivity contribution is 0.0397. The van der Waals surface area contributed by atoms with Gasteiger partial charge < -0.3 is 14.8 Å². The first-order chi connectivity index (χ1) is 8.36. The molecule has 0 unspecified atom stereocenters. The summed E-state index contributed by atoms with van der Waals surface area (Å²) in [6.07, 6.45) is 1.05. The van der Waals surface area contributed by atoms with E-state index in [0.717, 1.165) is 31.0 Å². The van der Waals surface area contributed by atoms with Crippen molar-refractivity contribution in [3.63, 3.8) is 0 Å². The van der Waals surface area contributed by atoms with Crippen LogP contribution >= 0.6 is 0 Å². The highest BCUT2D eigenvalue weighted by atomic mass is 16.5. The van der Waals surface area contributed by atoms with Crippen molar-refractivity contribution >= 4 is 0 Å². The molecule has 4 nitrogen and oxygen atoms in total. The molecule has 0 spiro atoms. The molecule has 0 aliphatic rings. The molecule has 0 saturated heterocycles. The lowest BCUT2D eigenvalue weighted by Crippen LogP contribution is -2.09. The molecule has 1 aromatic rings. The fraction of sp³-hybridized carbons (Fsp3) is 0.615. The third-order valence-corrected chi connectivity index (χ3v) is 2.19. The molecule has 0 radical (unpaired) electrons. The summed E-state index contributed by atoms with van der Waals surface area (Å²) >= 11 is 0. The van der Waals surface area contributed by atoms with Crippen molar-refractivity contribution in [1.82, 2.24) is 10.3 Å². The van der Waals surface area contributed by atoms with Crippen LogP contribution in [0.4, 0.5) is 0 Å². The van der Waals surface area contributed by atoms with E-state index in [1.54, 1.807) is 0 Å². The van der Waals surface area contributed by atoms with Crippen LogP contribution in [0.1, 0.15) is 24.7 Å². The summed E-state index contributed by atoms with van der Waals surface area (Å²) in [4.78, 5) is 4.47. The Kier molecular flexibility index (Phi) is 7.54. The quantitative estimate of drug-likeness (QED) is 0.666. The van der Waals surface area contributed by atoms with Gasteiger partial charge in [0.2, 0.25) is 0 Å². The van der Waals surface area contributed by atoms with Gasteiger partial charge in [-0.05, 0) is 25.6 Å². The number of aromatic nitrogens is 1. The van der Waals surface area contributed by atoms with Crippen LogP contribution < -0.4 is 5.32 Å². The number of ether oxygens (including phenoxy) is 2. The predicted octanol–water partition coefficient (Wildman–Crippen LogP) is 1.74. The second-order valence-electron chi connectivity index (χ2n) is 3.82. The van der Waals surface area contributed by atoms with Crippen molar-refractivity contribution in [1.29, 1.82) is 0 Å². The molecule has 17 heavy (non-hydrogen) atoms. The molecule has 0 saturated carbocycles. The SMILES string of the molecule is CCCOCCOCc1cccc(CNC)n1. The van der Waals surface area contributed by atoms with E-state index >= 15 is 0 Å². The van der Waals surface area contributed by atoms with Gasteiger partial charge in [-0.3, -0.25) is 4.98 Å². The summed E-state index contributed by atoms with van der Waals surface area (Å²) < 4.78 is 10.8. The van der Waals surface area contributed by atoms with Gasteiger partial charge in [0.05, 0.1) is 31.2 Å². The van der Waals surface area contributed by atoms with Crippen LogP contribution in [0.15, 0.2) is 18.2 Å². The average Bonchev–Trinajstić information content (AvgIpc) is 2.35. The first-order valence-corrected chi connectivity index (χ1v) is 6.11. The Bertz CT molecular complexity index is 305. The zero-order chi connectivity index (χ0) is 12.3. The molecule has 0 bridgehead atoms. The van der Waals surface area contributed by atoms with E-state index in [1.807, 2.05) is 25.2 Å². The molecule has 96 valence electrons. The number of hydrogen-bond donors (Lipinski definition) is 1. The molecule has 1 rings (SSSR count). The van der Waals surface area contributed by atoms with E-state index in [1.165, 1.54) is 0 Å². The summed E-state index contributed by atoms with van der Waals surface area (Å²) in [5.41, 5.74) is 2.00. The third kappa shape index (κ3) is 6.36. The van der Waals surface area contributed by atoms with Crippen LogP contribution in [0.5, 0.6) is 0 Å². The van der Waals surface area contributed by atoms with Crippen molar-refractivity contribution in [3.8, 4) is 0 Å². The summed E-state index contributed by atoms with van der Waals surface area (Å²) in [5, 5.41) is 3.08. The van der Waals surface area contributed by atoms with E-state index in [4.69, 9.17) is 9.47 Å². The van der Waals surface area contributed by atoms with Gasteiger partial charge in [0.15, 0.2) is 0 Å². The van der Waals surface area contributed by atoms with Crippen LogP contribution in [0, 0.1) is 0 Å². The summed E-state index contributed by atoms with van der Waals surface area (Å²) in [7, 11) is 1.91. The minimum atomic E-state index is 0.549. The van der Waals surface area contributed by atoms with Gasteiger partial charge in [-0.15, -0.1) is 0 Å². The molecule has 0 aliphatic heterocycles. The fourth-order valence-electron chi connectivity index (χ4n) is 1.43. The molecular formula is C13H22N2O2. The predicted molar refractivity (Wildman–Crippen MR) is 67.8 cm³/mol. The summed E-state index contributed by atoms with van der Waals surface area (Å²) in [5.74, 6) is 0. The number of rotatable bonds is 9. The van der Waals surface area contributed by atoms with E-state index in [9.17, 15) is 0 Å². The highest BCUT2D eigenvalue weighted by Gasteiger charge is 1.97. The Labute approximate surface area is 103 Å². The Balaban J connectivity index is 2.19. The first kappa shape index (κ1) is 14.1. The topological polar surface area (TPSA) is 43.4 Å². The lowest BCUT2D eigenvalue weighted by atomic mass is 10.3. The second-order valence-corrected chi connectivity index (χ2v) is 3.82. The van der Waals surface area contributed by atoms with Crippen molar-refractivity contribution < 1.29 is 9.47 Å². The van der Waals surface area contributed by atoms with Gasteiger partial charge in [-0.1, -0.05) is 13.0 Å². The molecule has 1 N–H and O–H groups in total. The van der Waals surface area contributed by atoms with Crippen LogP contribution in [0.25, 0.3) is 0 Å². The normalized spacial score (nSPS) is 10.7. The smallest absolute Gasteiger partial charge is 0.0889 e. The molecule has 0 aliphatic carbocycles. The average molecular weight is 238 g/mol. The van der Waals surface area contributed by atoms with Gasteiger partial charge in [0.25, 0.3) is 0 Å². The Morgan fingerprint density at radius 1 is 1.12 bits per heavy atom. The molecule has 0 fully saturated rings. The maximum absolute atomic E-state index is 5.49. The van der Waals surface area contributed by atoms with Crippen molar-refractivity contribution in [3.05, 3.63) is 29.6 Å². The highest BCUT2D eigenvalue weighted by molar-refractivity contribution is 5.10. The highest BCUT2D eigenvalue weighted by Crippen LogP contribution is 2.01. The van der Waals surface area contributed by atoms with E-state index in [2.05, 4.69) is 17.2 Å². The zero-order valence-electron chi connectivity index (χ0n) is 10.7. The third-order valence-electron chi connectivity index (χ3n) is 2.19. The van der Waals surface area contributed by atoms with E-state index < -0.39 is 0 Å². The van der Waals surface area contributed by atoms with Gasteiger partial charge in [-0.25, -0.2) is 0 Å². The van der Waals surface area contributed by atoms with Crippen molar-refractivity contribution in [2.24, 2.45) is 0 Å². The van der Waals surface area contributed by atoms with Crippen LogP contribution in [0.2, 0.25) is 0 Å². The summed E-state index contributed by atoms with van der Waals surface area (Å²) in [6.45, 7) is 5.51. The van der Waals surface area contributed by atoms with Crippen LogP contribution in [-0.4, -0.2) is 31.9 Å². The Morgan fingerprint density at radius 2 is 1.88 bits per heavy atom. The number of hydrogen-bond acceptors (Lipinski definition) is 4. The maximum atomic E-state index is 5.49. The maximum Gasteiger partial charge on any atom is 0.0889 e. The van der Waals surface area contributed by atoms with Crippen molar-refractivity contribution in [2.45, 2.75) is 26.5 Å². The number of nitrogens with one attached hydrogen (secondary N) is 1. The van der Waals surface area contributed by atoms with Crippen molar-refractivity contribution in [2.75, 3.05) is 26.9 Å². The number of pyridine rings is 1. The van der Waals surface area contributed by atoms with Gasteiger partial charge >= 0.3 is 0 Å². The largest absolute Gasteiger partial charge is 0.379 e. The molecule has 0 aromatic carbocycles. The van der Waals surface area contributed by atoms with Crippen LogP contribution in [-0.2, 0) is 22.6 Å². The number of nitrogens with zero attached hydrogens (tertiary/aromatic N) is 1. The minimum absolute atomic E-state index is 0.549. The van der Waals surface area contributed by atoms with E-state index in [0.29, 0.717) is 19.8 Å². The monoisotopic (exact) mass is 238 g/mol. The zero-order valence-corrected chi connectivity index (χ0v) is 10.7. The molecule has 0 atom stereocenters. The first-order valence-electron chi connectivity index (χ1n) is 6.11. The Morgan fingerprint density at radius 3 is 2.65 bits per heavy atom. The molecule has 1 heterocycles. The van der Waals surface area contributed by atoms with Gasteiger partial charge in [0, 0.05) is 13.2 Å². The second kappa shape index (κ2) is 9.10.